The Morgan fingerprint density at radius 1 is 1.04 bits per heavy atom. The molecule has 0 radical (unpaired) electrons. The first-order valence-electron chi connectivity index (χ1n) is 8.49. The lowest BCUT2D eigenvalue weighted by Crippen LogP contribution is -2.37. The second kappa shape index (κ2) is 7.47. The molecule has 2 aromatic carbocycles. The number of carbonyl (C=O) groups is 2. The molecule has 0 unspecified atom stereocenters. The number of fused-ring (bicyclic) bond motifs is 1. The van der Waals surface area contributed by atoms with Gasteiger partial charge >= 0.3 is 0 Å². The molecule has 1 N–H and O–H groups in total. The van der Waals surface area contributed by atoms with Crippen molar-refractivity contribution in [1.82, 2.24) is 0 Å². The Hall–Kier alpha value is -3.02. The summed E-state index contributed by atoms with van der Waals surface area (Å²) in [6.07, 6.45) is 0. The summed E-state index contributed by atoms with van der Waals surface area (Å²) in [7, 11) is 0. The van der Waals surface area contributed by atoms with Crippen LogP contribution < -0.4 is 19.7 Å². The molecule has 0 bridgehead atoms. The zero-order valence-electron chi connectivity index (χ0n) is 15.2. The van der Waals surface area contributed by atoms with Crippen LogP contribution in [0.5, 0.6) is 11.5 Å². The second-order valence-corrected chi connectivity index (χ2v) is 6.25. The molecule has 1 heterocycles. The number of benzene rings is 2. The zero-order valence-corrected chi connectivity index (χ0v) is 15.2. The third-order valence-corrected chi connectivity index (χ3v) is 4.26. The molecule has 0 aromatic heterocycles. The standard InChI is InChI=1S/C20H22N2O4/c1-13-5-4-6-14(2)20(13)21-19(24)12-22(15(3)23)16-7-8-17-18(11-16)26-10-9-25-17/h4-8,11H,9-10,12H2,1-3H3,(H,21,24). The van der Waals surface area contributed by atoms with E-state index in [0.29, 0.717) is 30.4 Å². The molecule has 0 aliphatic carbocycles. The molecular formula is C20H22N2O4. The minimum absolute atomic E-state index is 0.0806. The van der Waals surface area contributed by atoms with E-state index in [1.54, 1.807) is 18.2 Å². The number of para-hydroxylation sites is 1. The summed E-state index contributed by atoms with van der Waals surface area (Å²) in [6.45, 7) is 6.19. The number of aryl methyl sites for hydroxylation is 2. The van der Waals surface area contributed by atoms with Gasteiger partial charge < -0.3 is 19.7 Å². The number of amides is 2. The molecule has 0 fully saturated rings. The van der Waals surface area contributed by atoms with Crippen molar-refractivity contribution in [2.45, 2.75) is 20.8 Å². The number of ether oxygens (including phenoxy) is 2. The number of nitrogens with one attached hydrogen (secondary N) is 1. The molecule has 26 heavy (non-hydrogen) atoms. The van der Waals surface area contributed by atoms with E-state index in [4.69, 9.17) is 9.47 Å². The maximum Gasteiger partial charge on any atom is 0.244 e. The van der Waals surface area contributed by atoms with Crippen molar-refractivity contribution in [3.63, 3.8) is 0 Å². The molecule has 2 aromatic rings. The van der Waals surface area contributed by atoms with Gasteiger partial charge in [-0.3, -0.25) is 9.59 Å². The van der Waals surface area contributed by atoms with Crippen LogP contribution in [-0.2, 0) is 9.59 Å². The van der Waals surface area contributed by atoms with E-state index in [1.165, 1.54) is 11.8 Å². The highest BCUT2D eigenvalue weighted by Gasteiger charge is 2.20. The van der Waals surface area contributed by atoms with Gasteiger partial charge in [0.1, 0.15) is 19.8 Å². The minimum Gasteiger partial charge on any atom is -0.486 e. The summed E-state index contributed by atoms with van der Waals surface area (Å²) in [5.74, 6) is 0.740. The molecule has 136 valence electrons. The summed E-state index contributed by atoms with van der Waals surface area (Å²) in [5.41, 5.74) is 3.33. The van der Waals surface area contributed by atoms with E-state index >= 15 is 0 Å². The Bertz CT molecular complexity index is 827. The zero-order chi connectivity index (χ0) is 18.7. The van der Waals surface area contributed by atoms with Crippen molar-refractivity contribution in [2.24, 2.45) is 0 Å². The minimum atomic E-state index is -0.257. The van der Waals surface area contributed by atoms with E-state index in [0.717, 1.165) is 16.8 Å². The predicted octanol–water partition coefficient (Wildman–Crippen LogP) is 3.07. The van der Waals surface area contributed by atoms with Crippen LogP contribution >= 0.6 is 0 Å². The van der Waals surface area contributed by atoms with Crippen molar-refractivity contribution < 1.29 is 19.1 Å². The topological polar surface area (TPSA) is 67.9 Å². The highest BCUT2D eigenvalue weighted by molar-refractivity contribution is 6.02. The monoisotopic (exact) mass is 354 g/mol. The summed E-state index contributed by atoms with van der Waals surface area (Å²) in [4.78, 5) is 26.1. The molecule has 3 rings (SSSR count). The van der Waals surface area contributed by atoms with Gasteiger partial charge in [-0.05, 0) is 37.1 Å². The van der Waals surface area contributed by atoms with E-state index in [-0.39, 0.29) is 18.4 Å². The molecule has 0 saturated carbocycles. The first-order valence-corrected chi connectivity index (χ1v) is 8.49. The molecular weight excluding hydrogens is 332 g/mol. The van der Waals surface area contributed by atoms with Crippen molar-refractivity contribution in [3.8, 4) is 11.5 Å². The van der Waals surface area contributed by atoms with Crippen LogP contribution in [0.1, 0.15) is 18.1 Å². The van der Waals surface area contributed by atoms with Crippen LogP contribution in [0.2, 0.25) is 0 Å². The number of hydrogen-bond donors (Lipinski definition) is 1. The van der Waals surface area contributed by atoms with Gasteiger partial charge in [-0.15, -0.1) is 0 Å². The maximum absolute atomic E-state index is 12.5. The number of nitrogens with zero attached hydrogens (tertiary/aromatic N) is 1. The SMILES string of the molecule is CC(=O)N(CC(=O)Nc1c(C)cccc1C)c1ccc2c(c1)OCCO2. The van der Waals surface area contributed by atoms with Gasteiger partial charge in [0.25, 0.3) is 0 Å². The smallest absolute Gasteiger partial charge is 0.244 e. The number of carbonyl (C=O) groups excluding carboxylic acids is 2. The molecule has 0 saturated heterocycles. The normalized spacial score (nSPS) is 12.4. The van der Waals surface area contributed by atoms with Crippen LogP contribution in [0.4, 0.5) is 11.4 Å². The summed E-state index contributed by atoms with van der Waals surface area (Å²) >= 11 is 0. The number of anilines is 2. The lowest BCUT2D eigenvalue weighted by atomic mass is 10.1. The number of rotatable bonds is 4. The van der Waals surface area contributed by atoms with Crippen molar-refractivity contribution >= 4 is 23.2 Å². The van der Waals surface area contributed by atoms with Gasteiger partial charge in [-0.2, -0.15) is 0 Å². The van der Waals surface area contributed by atoms with Crippen LogP contribution in [-0.4, -0.2) is 31.6 Å². The van der Waals surface area contributed by atoms with Gasteiger partial charge in [0.15, 0.2) is 11.5 Å². The second-order valence-electron chi connectivity index (χ2n) is 6.25. The van der Waals surface area contributed by atoms with Gasteiger partial charge in [0.05, 0.1) is 0 Å². The van der Waals surface area contributed by atoms with E-state index in [1.807, 2.05) is 32.0 Å². The molecule has 6 heteroatoms. The predicted molar refractivity (Wildman–Crippen MR) is 100 cm³/mol. The summed E-state index contributed by atoms with van der Waals surface area (Å²) < 4.78 is 11.1. The van der Waals surface area contributed by atoms with Gasteiger partial charge in [0.2, 0.25) is 11.8 Å². The highest BCUT2D eigenvalue weighted by Crippen LogP contribution is 2.34. The average Bonchev–Trinajstić information content (AvgIpc) is 2.62. The molecule has 6 nitrogen and oxygen atoms in total. The van der Waals surface area contributed by atoms with Crippen LogP contribution in [0.3, 0.4) is 0 Å². The van der Waals surface area contributed by atoms with Crippen LogP contribution in [0.15, 0.2) is 36.4 Å². The summed E-state index contributed by atoms with van der Waals surface area (Å²) in [5, 5.41) is 2.91. The Morgan fingerprint density at radius 3 is 2.35 bits per heavy atom. The van der Waals surface area contributed by atoms with Gasteiger partial charge in [-0.25, -0.2) is 0 Å². The first-order chi connectivity index (χ1) is 12.5. The largest absolute Gasteiger partial charge is 0.486 e. The number of hydrogen-bond acceptors (Lipinski definition) is 4. The fraction of sp³-hybridized carbons (Fsp3) is 0.300. The molecule has 1 aliphatic heterocycles. The van der Waals surface area contributed by atoms with Crippen LogP contribution in [0, 0.1) is 13.8 Å². The lowest BCUT2D eigenvalue weighted by Gasteiger charge is -2.24. The average molecular weight is 354 g/mol. The van der Waals surface area contributed by atoms with Crippen molar-refractivity contribution in [1.29, 1.82) is 0 Å². The Morgan fingerprint density at radius 2 is 1.69 bits per heavy atom. The third-order valence-electron chi connectivity index (χ3n) is 4.26. The van der Waals surface area contributed by atoms with E-state index in [2.05, 4.69) is 5.32 Å². The molecule has 0 atom stereocenters. The summed E-state index contributed by atoms with van der Waals surface area (Å²) in [6, 6.07) is 11.0. The lowest BCUT2D eigenvalue weighted by molar-refractivity contribution is -0.120. The van der Waals surface area contributed by atoms with Gasteiger partial charge in [0, 0.05) is 24.4 Å². The van der Waals surface area contributed by atoms with Gasteiger partial charge in [-0.1, -0.05) is 18.2 Å². The highest BCUT2D eigenvalue weighted by atomic mass is 16.6. The fourth-order valence-corrected chi connectivity index (χ4v) is 2.92. The third kappa shape index (κ3) is 3.79. The van der Waals surface area contributed by atoms with E-state index in [9.17, 15) is 9.59 Å². The first kappa shape index (κ1) is 17.8. The molecule has 0 spiro atoms. The van der Waals surface area contributed by atoms with Crippen LogP contribution in [0.25, 0.3) is 0 Å². The van der Waals surface area contributed by atoms with Crippen molar-refractivity contribution in [3.05, 3.63) is 47.5 Å². The van der Waals surface area contributed by atoms with Crippen molar-refractivity contribution in [2.75, 3.05) is 30.0 Å². The van der Waals surface area contributed by atoms with E-state index < -0.39 is 0 Å². The fourth-order valence-electron chi connectivity index (χ4n) is 2.92. The maximum atomic E-state index is 12.5. The Labute approximate surface area is 152 Å². The Kier molecular flexibility index (Phi) is 5.11. The quantitative estimate of drug-likeness (QED) is 0.916. The molecule has 2 amide bonds. The molecule has 1 aliphatic rings. The Balaban J connectivity index is 1.78.